The van der Waals surface area contributed by atoms with Crippen molar-refractivity contribution in [1.82, 2.24) is 0 Å². The van der Waals surface area contributed by atoms with Crippen molar-refractivity contribution in [2.45, 2.75) is 4.90 Å². The first kappa shape index (κ1) is 12.2. The molecule has 0 amide bonds. The molecular formula is C10H9NO4S. The van der Waals surface area contributed by atoms with E-state index < -0.39 is 15.8 Å². The van der Waals surface area contributed by atoms with Crippen molar-refractivity contribution >= 4 is 15.8 Å². The lowest BCUT2D eigenvalue weighted by Gasteiger charge is -2.03. The van der Waals surface area contributed by atoms with Gasteiger partial charge in [0.05, 0.1) is 23.1 Å². The van der Waals surface area contributed by atoms with E-state index in [1.165, 1.54) is 25.3 Å². The minimum absolute atomic E-state index is 0.0644. The monoisotopic (exact) mass is 239 g/mol. The molecule has 0 bridgehead atoms. The summed E-state index contributed by atoms with van der Waals surface area (Å²) in [5.41, 5.74) is 0.0804. The molecule has 84 valence electrons. The maximum absolute atomic E-state index is 11.3. The number of nitriles is 1. The number of rotatable bonds is 2. The summed E-state index contributed by atoms with van der Waals surface area (Å²) in [5.74, 6) is -0.614. The van der Waals surface area contributed by atoms with Crippen LogP contribution in [0.25, 0.3) is 0 Å². The predicted molar refractivity (Wildman–Crippen MR) is 55.6 cm³/mol. The molecule has 0 N–H and O–H groups in total. The van der Waals surface area contributed by atoms with Gasteiger partial charge < -0.3 is 4.74 Å². The quantitative estimate of drug-likeness (QED) is 0.711. The third-order valence-corrected chi connectivity index (χ3v) is 3.08. The number of methoxy groups -OCH3 is 1. The maximum atomic E-state index is 11.3. The smallest absolute Gasteiger partial charge is 0.337 e. The van der Waals surface area contributed by atoms with E-state index in [4.69, 9.17) is 5.26 Å². The highest BCUT2D eigenvalue weighted by Gasteiger charge is 2.16. The van der Waals surface area contributed by atoms with E-state index in [1.807, 2.05) is 0 Å². The highest BCUT2D eigenvalue weighted by atomic mass is 32.2. The minimum Gasteiger partial charge on any atom is -0.465 e. The van der Waals surface area contributed by atoms with Crippen LogP contribution in [0.5, 0.6) is 0 Å². The molecule has 0 saturated carbocycles. The topological polar surface area (TPSA) is 84.2 Å². The van der Waals surface area contributed by atoms with Gasteiger partial charge in [0.25, 0.3) is 0 Å². The predicted octanol–water partition coefficient (Wildman–Crippen LogP) is 0.748. The number of nitrogens with zero attached hydrogens (tertiary/aromatic N) is 1. The molecule has 5 nitrogen and oxygen atoms in total. The Morgan fingerprint density at radius 2 is 2.06 bits per heavy atom. The Kier molecular flexibility index (Phi) is 3.30. The molecule has 0 aliphatic heterocycles. The lowest BCUT2D eigenvalue weighted by molar-refractivity contribution is 0.0600. The van der Waals surface area contributed by atoms with Crippen molar-refractivity contribution in [3.63, 3.8) is 0 Å². The first-order valence-corrected chi connectivity index (χ1v) is 6.12. The summed E-state index contributed by atoms with van der Waals surface area (Å²) in [5, 5.41) is 8.79. The van der Waals surface area contributed by atoms with Crippen molar-refractivity contribution in [2.24, 2.45) is 0 Å². The van der Waals surface area contributed by atoms with Gasteiger partial charge in [-0.2, -0.15) is 5.26 Å². The Bertz CT molecular complexity index is 569. The van der Waals surface area contributed by atoms with Crippen LogP contribution in [-0.4, -0.2) is 27.8 Å². The first-order chi connectivity index (χ1) is 7.40. The molecule has 0 aliphatic rings. The van der Waals surface area contributed by atoms with Gasteiger partial charge in [-0.25, -0.2) is 13.2 Å². The van der Waals surface area contributed by atoms with Crippen LogP contribution in [0.4, 0.5) is 0 Å². The number of carbonyl (C=O) groups excluding carboxylic acids is 1. The highest BCUT2D eigenvalue weighted by molar-refractivity contribution is 7.90. The molecule has 16 heavy (non-hydrogen) atoms. The average Bonchev–Trinajstić information content (AvgIpc) is 2.25. The molecule has 0 unspecified atom stereocenters. The maximum Gasteiger partial charge on any atom is 0.337 e. The molecule has 6 heteroatoms. The van der Waals surface area contributed by atoms with Crippen LogP contribution in [-0.2, 0) is 14.6 Å². The normalized spacial score (nSPS) is 10.6. The van der Waals surface area contributed by atoms with Crippen LogP contribution in [0, 0.1) is 11.3 Å². The lowest BCUT2D eigenvalue weighted by Crippen LogP contribution is -2.05. The summed E-state index contributed by atoms with van der Waals surface area (Å²) in [6, 6.07) is 5.46. The van der Waals surface area contributed by atoms with Gasteiger partial charge >= 0.3 is 5.97 Å². The van der Waals surface area contributed by atoms with Crippen LogP contribution in [0.2, 0.25) is 0 Å². The molecule has 0 fully saturated rings. The lowest BCUT2D eigenvalue weighted by atomic mass is 10.1. The number of benzene rings is 1. The molecule has 0 radical (unpaired) electrons. The summed E-state index contributed by atoms with van der Waals surface area (Å²) in [4.78, 5) is 11.1. The van der Waals surface area contributed by atoms with E-state index in [9.17, 15) is 13.2 Å². The number of sulfone groups is 1. The molecule has 1 aromatic carbocycles. The highest BCUT2D eigenvalue weighted by Crippen LogP contribution is 2.17. The van der Waals surface area contributed by atoms with Crippen molar-refractivity contribution in [1.29, 1.82) is 5.26 Å². The van der Waals surface area contributed by atoms with E-state index in [2.05, 4.69) is 4.74 Å². The average molecular weight is 239 g/mol. The fourth-order valence-electron chi connectivity index (χ4n) is 1.19. The van der Waals surface area contributed by atoms with Gasteiger partial charge in [0.1, 0.15) is 6.07 Å². The van der Waals surface area contributed by atoms with E-state index in [1.54, 1.807) is 6.07 Å². The van der Waals surface area contributed by atoms with Crippen molar-refractivity contribution in [3.05, 3.63) is 29.3 Å². The Morgan fingerprint density at radius 1 is 1.44 bits per heavy atom. The van der Waals surface area contributed by atoms with Gasteiger partial charge in [-0.3, -0.25) is 0 Å². The van der Waals surface area contributed by atoms with E-state index in [0.717, 1.165) is 6.26 Å². The third kappa shape index (κ3) is 2.38. The Morgan fingerprint density at radius 3 is 2.50 bits per heavy atom. The molecule has 0 saturated heterocycles. The van der Waals surface area contributed by atoms with Crippen LogP contribution >= 0.6 is 0 Å². The van der Waals surface area contributed by atoms with Crippen LogP contribution in [0.3, 0.4) is 0 Å². The first-order valence-electron chi connectivity index (χ1n) is 4.22. The number of carbonyl (C=O) groups is 1. The second kappa shape index (κ2) is 4.33. The molecule has 0 atom stereocenters. The van der Waals surface area contributed by atoms with Crippen molar-refractivity contribution < 1.29 is 17.9 Å². The molecule has 1 aromatic rings. The second-order valence-corrected chi connectivity index (χ2v) is 5.07. The molecular weight excluding hydrogens is 230 g/mol. The van der Waals surface area contributed by atoms with E-state index in [-0.39, 0.29) is 16.0 Å². The molecule has 0 heterocycles. The van der Waals surface area contributed by atoms with Crippen molar-refractivity contribution in [2.75, 3.05) is 13.4 Å². The minimum atomic E-state index is -3.47. The third-order valence-electron chi connectivity index (χ3n) is 1.92. The van der Waals surface area contributed by atoms with Crippen LogP contribution in [0.15, 0.2) is 23.1 Å². The fourth-order valence-corrected chi connectivity index (χ4v) is 2.00. The van der Waals surface area contributed by atoms with Gasteiger partial charge in [0.2, 0.25) is 0 Å². The standard InChI is InChI=1S/C10H9NO4S/c1-15-10(12)7-3-4-9(16(2,13)14)8(5-7)6-11/h3-5H,1-2H3. The summed E-state index contributed by atoms with van der Waals surface area (Å²) in [6.07, 6.45) is 1.00. The summed E-state index contributed by atoms with van der Waals surface area (Å²) in [7, 11) is -2.26. The van der Waals surface area contributed by atoms with Gasteiger partial charge in [0.15, 0.2) is 9.84 Å². The van der Waals surface area contributed by atoms with Gasteiger partial charge in [-0.1, -0.05) is 0 Å². The summed E-state index contributed by atoms with van der Waals surface area (Å²) >= 11 is 0. The molecule has 0 spiro atoms. The Hall–Kier alpha value is -1.87. The van der Waals surface area contributed by atoms with E-state index in [0.29, 0.717) is 0 Å². The second-order valence-electron chi connectivity index (χ2n) is 3.09. The SMILES string of the molecule is COC(=O)c1ccc(S(C)(=O)=O)c(C#N)c1. The molecule has 0 aliphatic carbocycles. The Balaban J connectivity index is 3.41. The molecule has 1 rings (SSSR count). The van der Waals surface area contributed by atoms with E-state index >= 15 is 0 Å². The van der Waals surface area contributed by atoms with Gasteiger partial charge in [-0.05, 0) is 18.2 Å². The molecule has 0 aromatic heterocycles. The van der Waals surface area contributed by atoms with Crippen LogP contribution in [0.1, 0.15) is 15.9 Å². The summed E-state index contributed by atoms with van der Waals surface area (Å²) in [6.45, 7) is 0. The zero-order chi connectivity index (χ0) is 12.3. The van der Waals surface area contributed by atoms with Gasteiger partial charge in [-0.15, -0.1) is 0 Å². The zero-order valence-corrected chi connectivity index (χ0v) is 9.54. The van der Waals surface area contributed by atoms with Crippen LogP contribution < -0.4 is 0 Å². The van der Waals surface area contributed by atoms with Gasteiger partial charge in [0, 0.05) is 6.26 Å². The summed E-state index contributed by atoms with van der Waals surface area (Å²) < 4.78 is 27.1. The largest absolute Gasteiger partial charge is 0.465 e. The fraction of sp³-hybridized carbons (Fsp3) is 0.200. The number of hydrogen-bond acceptors (Lipinski definition) is 5. The number of ether oxygens (including phenoxy) is 1. The number of hydrogen-bond donors (Lipinski definition) is 0. The Labute approximate surface area is 93.2 Å². The number of esters is 1. The van der Waals surface area contributed by atoms with Crippen molar-refractivity contribution in [3.8, 4) is 6.07 Å². The zero-order valence-electron chi connectivity index (χ0n) is 8.72.